The van der Waals surface area contributed by atoms with Crippen LogP contribution in [-0.2, 0) is 6.42 Å². The summed E-state index contributed by atoms with van der Waals surface area (Å²) in [5.74, 6) is -2.36. The van der Waals surface area contributed by atoms with Crippen molar-refractivity contribution in [3.8, 4) is 0 Å². The maximum atomic E-state index is 13.3. The Hall–Kier alpha value is -2.76. The Morgan fingerprint density at radius 3 is 2.71 bits per heavy atom. The Morgan fingerprint density at radius 2 is 2.00 bits per heavy atom. The number of carbonyl (C=O) groups excluding carboxylic acids is 1. The number of benzene rings is 1. The summed E-state index contributed by atoms with van der Waals surface area (Å²) in [6, 6.07) is 7.04. The molecule has 0 fully saturated rings. The quantitative estimate of drug-likeness (QED) is 0.782. The predicted molar refractivity (Wildman–Crippen MR) is 88.2 cm³/mol. The number of nitrogens with zero attached hydrogens (tertiary/aromatic N) is 2. The van der Waals surface area contributed by atoms with E-state index in [4.69, 9.17) is 0 Å². The molecule has 0 aliphatic carbocycles. The van der Waals surface area contributed by atoms with Gasteiger partial charge in [0.2, 0.25) is 0 Å². The molecule has 3 aromatic rings. The van der Waals surface area contributed by atoms with E-state index in [0.717, 1.165) is 24.1 Å². The number of fused-ring (bicyclic) bond motifs is 1. The van der Waals surface area contributed by atoms with Crippen LogP contribution in [0.15, 0.2) is 36.5 Å². The number of anilines is 1. The molecule has 2 heterocycles. The number of hydrogen-bond acceptors (Lipinski definition) is 2. The van der Waals surface area contributed by atoms with Gasteiger partial charge in [0.15, 0.2) is 11.6 Å². The van der Waals surface area contributed by atoms with Gasteiger partial charge in [0.1, 0.15) is 11.3 Å². The smallest absolute Gasteiger partial charge is 0.274 e. The summed E-state index contributed by atoms with van der Waals surface area (Å²) in [5.41, 5.74) is 2.97. The second-order valence-electron chi connectivity index (χ2n) is 5.67. The molecule has 0 aliphatic heterocycles. The van der Waals surface area contributed by atoms with Crippen LogP contribution in [0.2, 0.25) is 0 Å². The maximum Gasteiger partial charge on any atom is 0.274 e. The average Bonchev–Trinajstić information content (AvgIpc) is 2.88. The van der Waals surface area contributed by atoms with Crippen LogP contribution in [0.4, 0.5) is 14.5 Å². The third kappa shape index (κ3) is 2.99. The van der Waals surface area contributed by atoms with Gasteiger partial charge >= 0.3 is 0 Å². The van der Waals surface area contributed by atoms with Gasteiger partial charge in [0.05, 0.1) is 5.69 Å². The first kappa shape index (κ1) is 16.1. The highest BCUT2D eigenvalue weighted by molar-refractivity contribution is 6.04. The fourth-order valence-electron chi connectivity index (χ4n) is 2.62. The number of aryl methyl sites for hydroxylation is 2. The summed E-state index contributed by atoms with van der Waals surface area (Å²) < 4.78 is 28.1. The zero-order chi connectivity index (χ0) is 17.3. The summed E-state index contributed by atoms with van der Waals surface area (Å²) in [6.45, 7) is 3.93. The number of hydrogen-bond donors (Lipinski definition) is 1. The molecule has 4 nitrogen and oxygen atoms in total. The van der Waals surface area contributed by atoms with Crippen molar-refractivity contribution in [1.82, 2.24) is 9.38 Å². The van der Waals surface area contributed by atoms with Crippen LogP contribution in [0.3, 0.4) is 0 Å². The van der Waals surface area contributed by atoms with E-state index in [9.17, 15) is 13.6 Å². The summed E-state index contributed by atoms with van der Waals surface area (Å²) in [4.78, 5) is 17.2. The van der Waals surface area contributed by atoms with E-state index in [0.29, 0.717) is 23.5 Å². The first-order valence-electron chi connectivity index (χ1n) is 7.73. The molecule has 1 N–H and O–H groups in total. The molecule has 6 heteroatoms. The third-order valence-corrected chi connectivity index (χ3v) is 3.72. The van der Waals surface area contributed by atoms with Crippen LogP contribution in [-0.4, -0.2) is 15.3 Å². The number of rotatable bonds is 4. The van der Waals surface area contributed by atoms with Crippen molar-refractivity contribution in [1.29, 1.82) is 0 Å². The Kier molecular flexibility index (Phi) is 4.29. The minimum atomic E-state index is -1.00. The second-order valence-corrected chi connectivity index (χ2v) is 5.67. The molecule has 0 bridgehead atoms. The maximum absolute atomic E-state index is 13.3. The molecule has 0 saturated heterocycles. The molecule has 1 aromatic carbocycles. The van der Waals surface area contributed by atoms with Crippen molar-refractivity contribution in [2.45, 2.75) is 26.7 Å². The number of imidazole rings is 1. The first-order valence-corrected chi connectivity index (χ1v) is 7.73. The molecule has 0 unspecified atom stereocenters. The van der Waals surface area contributed by atoms with Crippen LogP contribution in [0.5, 0.6) is 0 Å². The highest BCUT2D eigenvalue weighted by atomic mass is 19.2. The Morgan fingerprint density at radius 1 is 1.21 bits per heavy atom. The predicted octanol–water partition coefficient (Wildman–Crippen LogP) is 4.13. The Bertz CT molecular complexity index is 918. The molecule has 0 spiro atoms. The fourth-order valence-corrected chi connectivity index (χ4v) is 2.62. The third-order valence-electron chi connectivity index (χ3n) is 3.72. The lowest BCUT2D eigenvalue weighted by atomic mass is 10.2. The number of halogens is 2. The van der Waals surface area contributed by atoms with Crippen molar-refractivity contribution in [2.24, 2.45) is 0 Å². The van der Waals surface area contributed by atoms with Crippen molar-refractivity contribution >= 4 is 17.2 Å². The first-order chi connectivity index (χ1) is 11.5. The standard InChI is InChI=1S/C18H17F2N3O/c1-3-4-15-17(23-10-11(2)5-8-16(23)22-15)18(24)21-12-6-7-13(19)14(20)9-12/h5-10H,3-4H2,1-2H3,(H,21,24). The van der Waals surface area contributed by atoms with Gasteiger partial charge in [-0.25, -0.2) is 13.8 Å². The highest BCUT2D eigenvalue weighted by Crippen LogP contribution is 2.19. The summed E-state index contributed by atoms with van der Waals surface area (Å²) in [6.07, 6.45) is 3.33. The Labute approximate surface area is 138 Å². The molecule has 0 aliphatic rings. The van der Waals surface area contributed by atoms with Crippen molar-refractivity contribution in [3.05, 3.63) is 65.1 Å². The lowest BCUT2D eigenvalue weighted by Gasteiger charge is -2.08. The van der Waals surface area contributed by atoms with Gasteiger partial charge in [-0.3, -0.25) is 9.20 Å². The number of amides is 1. The minimum Gasteiger partial charge on any atom is -0.321 e. The molecular weight excluding hydrogens is 312 g/mol. The second kappa shape index (κ2) is 6.39. The van der Waals surface area contributed by atoms with E-state index in [1.54, 1.807) is 4.40 Å². The lowest BCUT2D eigenvalue weighted by Crippen LogP contribution is -2.16. The Balaban J connectivity index is 2.02. The molecule has 2 aromatic heterocycles. The van der Waals surface area contributed by atoms with Gasteiger partial charge in [-0.05, 0) is 37.1 Å². The molecule has 24 heavy (non-hydrogen) atoms. The van der Waals surface area contributed by atoms with Gasteiger partial charge in [0.25, 0.3) is 5.91 Å². The van der Waals surface area contributed by atoms with E-state index >= 15 is 0 Å². The average molecular weight is 329 g/mol. The number of carbonyl (C=O) groups is 1. The van der Waals surface area contributed by atoms with Gasteiger partial charge in [0, 0.05) is 18.0 Å². The van der Waals surface area contributed by atoms with Crippen LogP contribution in [0.25, 0.3) is 5.65 Å². The fraction of sp³-hybridized carbons (Fsp3) is 0.222. The largest absolute Gasteiger partial charge is 0.321 e. The van der Waals surface area contributed by atoms with Crippen molar-refractivity contribution in [2.75, 3.05) is 5.32 Å². The van der Waals surface area contributed by atoms with Crippen LogP contribution in [0.1, 0.15) is 35.1 Å². The van der Waals surface area contributed by atoms with E-state index in [1.807, 2.05) is 32.2 Å². The lowest BCUT2D eigenvalue weighted by molar-refractivity contribution is 0.102. The zero-order valence-electron chi connectivity index (χ0n) is 13.4. The molecule has 1 amide bonds. The molecule has 0 saturated carbocycles. The van der Waals surface area contributed by atoms with E-state index in [-0.39, 0.29) is 5.69 Å². The normalized spacial score (nSPS) is 11.0. The number of aromatic nitrogens is 2. The van der Waals surface area contributed by atoms with E-state index in [1.165, 1.54) is 6.07 Å². The summed E-state index contributed by atoms with van der Waals surface area (Å²) in [7, 11) is 0. The van der Waals surface area contributed by atoms with Gasteiger partial charge in [-0.15, -0.1) is 0 Å². The molecule has 3 rings (SSSR count). The number of pyridine rings is 1. The van der Waals surface area contributed by atoms with Crippen LogP contribution >= 0.6 is 0 Å². The van der Waals surface area contributed by atoms with E-state index in [2.05, 4.69) is 10.3 Å². The van der Waals surface area contributed by atoms with Crippen molar-refractivity contribution < 1.29 is 13.6 Å². The topological polar surface area (TPSA) is 46.4 Å². The zero-order valence-corrected chi connectivity index (χ0v) is 13.4. The SMILES string of the molecule is CCCc1nc2ccc(C)cn2c1C(=O)Nc1ccc(F)c(F)c1. The minimum absolute atomic E-state index is 0.198. The monoisotopic (exact) mass is 329 g/mol. The van der Waals surface area contributed by atoms with Gasteiger partial charge in [-0.1, -0.05) is 19.4 Å². The van der Waals surface area contributed by atoms with Crippen LogP contribution in [0, 0.1) is 18.6 Å². The molecular formula is C18H17F2N3O. The van der Waals surface area contributed by atoms with Crippen molar-refractivity contribution in [3.63, 3.8) is 0 Å². The molecule has 0 radical (unpaired) electrons. The number of nitrogens with one attached hydrogen (secondary N) is 1. The summed E-state index contributed by atoms with van der Waals surface area (Å²) >= 11 is 0. The van der Waals surface area contributed by atoms with E-state index < -0.39 is 17.5 Å². The van der Waals surface area contributed by atoms with Gasteiger partial charge < -0.3 is 5.32 Å². The molecule has 0 atom stereocenters. The summed E-state index contributed by atoms with van der Waals surface area (Å²) in [5, 5.41) is 2.62. The van der Waals surface area contributed by atoms with Gasteiger partial charge in [-0.2, -0.15) is 0 Å². The highest BCUT2D eigenvalue weighted by Gasteiger charge is 2.19. The molecule has 124 valence electrons. The van der Waals surface area contributed by atoms with Crippen LogP contribution < -0.4 is 5.32 Å².